The van der Waals surface area contributed by atoms with Gasteiger partial charge in [-0.3, -0.25) is 9.59 Å². The van der Waals surface area contributed by atoms with E-state index in [1.54, 1.807) is 36.4 Å². The number of carbonyl (C=O) groups excluding carboxylic acids is 4. The zero-order chi connectivity index (χ0) is 32.0. The van der Waals surface area contributed by atoms with Crippen molar-refractivity contribution in [1.29, 1.82) is 0 Å². The highest BCUT2D eigenvalue weighted by Gasteiger charge is 2.48. The molecule has 2 heterocycles. The lowest BCUT2D eigenvalue weighted by molar-refractivity contribution is -0.135. The van der Waals surface area contributed by atoms with E-state index < -0.39 is 36.4 Å². The predicted octanol–water partition coefficient (Wildman–Crippen LogP) is 6.35. The van der Waals surface area contributed by atoms with E-state index in [1.165, 1.54) is 12.1 Å². The van der Waals surface area contributed by atoms with Crippen LogP contribution in [-0.2, 0) is 28.5 Å². The van der Waals surface area contributed by atoms with Crippen molar-refractivity contribution in [3.05, 3.63) is 59.7 Å². The number of benzene rings is 2. The van der Waals surface area contributed by atoms with Crippen molar-refractivity contribution < 1.29 is 47.6 Å². The van der Waals surface area contributed by atoms with E-state index >= 15 is 0 Å². The maximum Gasteiger partial charge on any atom is 0.338 e. The summed E-state index contributed by atoms with van der Waals surface area (Å²) in [6.45, 7) is 0.396. The van der Waals surface area contributed by atoms with Gasteiger partial charge in [0.05, 0.1) is 24.3 Å². The Morgan fingerprint density at radius 1 is 0.622 bits per heavy atom. The number of esters is 4. The topological polar surface area (TPSA) is 124 Å². The largest absolute Gasteiger partial charge is 0.456 e. The Balaban J connectivity index is 1.23. The summed E-state index contributed by atoms with van der Waals surface area (Å²) >= 11 is 6.74. The van der Waals surface area contributed by atoms with Gasteiger partial charge in [-0.1, -0.05) is 44.7 Å². The molecule has 2 saturated heterocycles. The molecule has 12 heteroatoms. The minimum Gasteiger partial charge on any atom is -0.456 e. The van der Waals surface area contributed by atoms with E-state index in [0.717, 1.165) is 49.2 Å². The molecule has 2 fully saturated rings. The second-order valence-electron chi connectivity index (χ2n) is 10.8. The molecule has 4 rings (SSSR count). The summed E-state index contributed by atoms with van der Waals surface area (Å²) in [4.78, 5) is 49.8. The van der Waals surface area contributed by atoms with Gasteiger partial charge >= 0.3 is 23.9 Å². The third-order valence-electron chi connectivity index (χ3n) is 7.41. The molecular weight excluding hydrogens is 716 g/mol. The summed E-state index contributed by atoms with van der Waals surface area (Å²) in [6.07, 6.45) is 4.03. The van der Waals surface area contributed by atoms with Crippen molar-refractivity contribution in [3.63, 3.8) is 0 Å². The lowest BCUT2D eigenvalue weighted by Gasteiger charge is -2.33. The Morgan fingerprint density at radius 2 is 1.09 bits per heavy atom. The van der Waals surface area contributed by atoms with Gasteiger partial charge in [0, 0.05) is 29.9 Å². The molecule has 2 aliphatic heterocycles. The summed E-state index contributed by atoms with van der Waals surface area (Å²) in [7, 11) is 0. The fraction of sp³-hybridized carbons (Fsp3) is 0.515. The van der Waals surface area contributed by atoms with E-state index in [-0.39, 0.29) is 24.1 Å². The molecular formula is C33H38Br2O10. The maximum atomic E-state index is 12.9. The van der Waals surface area contributed by atoms with Gasteiger partial charge in [-0.2, -0.15) is 0 Å². The van der Waals surface area contributed by atoms with Gasteiger partial charge < -0.3 is 28.4 Å². The first kappa shape index (κ1) is 35.1. The van der Waals surface area contributed by atoms with E-state index in [9.17, 15) is 19.2 Å². The minimum atomic E-state index is -0.686. The molecule has 244 valence electrons. The van der Waals surface area contributed by atoms with Crippen LogP contribution in [0.2, 0.25) is 0 Å². The number of fused-ring (bicyclic) bond motifs is 1. The fourth-order valence-electron chi connectivity index (χ4n) is 5.02. The van der Waals surface area contributed by atoms with Crippen LogP contribution in [0.25, 0.3) is 0 Å². The molecule has 0 amide bonds. The van der Waals surface area contributed by atoms with Crippen molar-refractivity contribution in [1.82, 2.24) is 0 Å². The zero-order valence-corrected chi connectivity index (χ0v) is 28.1. The number of rotatable bonds is 16. The van der Waals surface area contributed by atoms with Gasteiger partial charge in [0.25, 0.3) is 0 Å². The summed E-state index contributed by atoms with van der Waals surface area (Å²) in [6, 6.07) is 12.4. The minimum absolute atomic E-state index is 0.0933. The molecule has 1 unspecified atom stereocenters. The highest BCUT2D eigenvalue weighted by molar-refractivity contribution is 9.09. The summed E-state index contributed by atoms with van der Waals surface area (Å²) in [5, 5.41) is 1.81. The van der Waals surface area contributed by atoms with Crippen LogP contribution in [0, 0.1) is 0 Å². The number of unbranched alkanes of at least 4 members (excludes halogenated alkanes) is 4. The highest BCUT2D eigenvalue weighted by atomic mass is 79.9. The van der Waals surface area contributed by atoms with Crippen LogP contribution in [-0.4, -0.2) is 72.2 Å². The first-order valence-corrected chi connectivity index (χ1v) is 17.5. The number of hydrogen-bond donors (Lipinski definition) is 0. The van der Waals surface area contributed by atoms with Gasteiger partial charge in [0.15, 0.2) is 6.10 Å². The Labute approximate surface area is 279 Å². The molecule has 0 bridgehead atoms. The number of halogens is 2. The molecule has 2 aromatic carbocycles. The van der Waals surface area contributed by atoms with Gasteiger partial charge in [0.1, 0.15) is 29.8 Å². The maximum absolute atomic E-state index is 12.9. The van der Waals surface area contributed by atoms with Crippen LogP contribution in [0.5, 0.6) is 11.5 Å². The fourth-order valence-corrected chi connectivity index (χ4v) is 5.81. The second kappa shape index (κ2) is 18.4. The molecule has 2 aliphatic rings. The van der Waals surface area contributed by atoms with Crippen LogP contribution in [0.4, 0.5) is 0 Å². The number of alkyl halides is 2. The van der Waals surface area contributed by atoms with Crippen LogP contribution in [0.15, 0.2) is 48.5 Å². The monoisotopic (exact) mass is 752 g/mol. The quantitative estimate of drug-likeness (QED) is 0.0830. The van der Waals surface area contributed by atoms with E-state index in [4.69, 9.17) is 28.4 Å². The van der Waals surface area contributed by atoms with Crippen LogP contribution < -0.4 is 9.47 Å². The third kappa shape index (κ3) is 10.9. The molecule has 4 atom stereocenters. The molecule has 0 aromatic heterocycles. The Kier molecular flexibility index (Phi) is 14.3. The SMILES string of the molecule is O=C(CCCCCBr)Oc1ccc(C(=O)OC2CO[C@@H]3[C@@H](OC(=O)c4ccc(OC(=O)CCCCCBr)cc4)CCO[C@H]23)cc1. The molecule has 45 heavy (non-hydrogen) atoms. The summed E-state index contributed by atoms with van der Waals surface area (Å²) < 4.78 is 33.9. The smallest absolute Gasteiger partial charge is 0.338 e. The van der Waals surface area contributed by atoms with E-state index in [0.29, 0.717) is 42.9 Å². The number of hydrogen-bond acceptors (Lipinski definition) is 10. The molecule has 0 N–H and O–H groups in total. The third-order valence-corrected chi connectivity index (χ3v) is 8.53. The van der Waals surface area contributed by atoms with Gasteiger partial charge in [-0.25, -0.2) is 9.59 Å². The molecule has 0 radical (unpaired) electrons. The van der Waals surface area contributed by atoms with Crippen molar-refractivity contribution in [2.75, 3.05) is 23.9 Å². The number of carbonyl (C=O) groups is 4. The van der Waals surface area contributed by atoms with Gasteiger partial charge in [-0.15, -0.1) is 0 Å². The van der Waals surface area contributed by atoms with Crippen LogP contribution in [0.3, 0.4) is 0 Å². The molecule has 0 aliphatic carbocycles. The Morgan fingerprint density at radius 3 is 1.58 bits per heavy atom. The molecule has 0 saturated carbocycles. The average Bonchev–Trinajstić information content (AvgIpc) is 3.45. The summed E-state index contributed by atoms with van der Waals surface area (Å²) in [5.41, 5.74) is 0.595. The molecule has 0 spiro atoms. The normalized spacial score (nSPS) is 20.6. The Hall–Kier alpha value is -2.80. The molecule has 10 nitrogen and oxygen atoms in total. The van der Waals surface area contributed by atoms with Gasteiger partial charge in [0.2, 0.25) is 0 Å². The first-order valence-electron chi connectivity index (χ1n) is 15.3. The highest BCUT2D eigenvalue weighted by Crippen LogP contribution is 2.31. The standard InChI is InChI=1S/C33H38Br2O10/c34-18-5-1-3-7-28(36)42-24-13-9-22(10-14-24)32(38)44-26-17-20-40-31-27(21-41-30(26)31)45-33(39)23-11-15-25(16-12-23)43-29(37)8-4-2-6-19-35/h9-16,26-27,30-31H,1-8,17-21H2/t26-,27?,30+,31+/m0/s1. The van der Waals surface area contributed by atoms with E-state index in [2.05, 4.69) is 31.9 Å². The Bertz CT molecular complexity index is 1270. The molecule has 2 aromatic rings. The first-order chi connectivity index (χ1) is 21.9. The lowest BCUT2D eigenvalue weighted by atomic mass is 10.0. The van der Waals surface area contributed by atoms with Gasteiger partial charge in [-0.05, 0) is 74.2 Å². The predicted molar refractivity (Wildman–Crippen MR) is 171 cm³/mol. The number of ether oxygens (including phenoxy) is 6. The van der Waals surface area contributed by atoms with Crippen molar-refractivity contribution >= 4 is 55.7 Å². The zero-order valence-electron chi connectivity index (χ0n) is 25.0. The van der Waals surface area contributed by atoms with Crippen molar-refractivity contribution in [2.45, 2.75) is 82.2 Å². The van der Waals surface area contributed by atoms with Crippen LogP contribution >= 0.6 is 31.9 Å². The van der Waals surface area contributed by atoms with Crippen LogP contribution in [0.1, 0.15) is 78.5 Å². The average molecular weight is 754 g/mol. The van der Waals surface area contributed by atoms with Crippen molar-refractivity contribution in [2.24, 2.45) is 0 Å². The van der Waals surface area contributed by atoms with E-state index in [1.807, 2.05) is 0 Å². The second-order valence-corrected chi connectivity index (χ2v) is 12.4. The van der Waals surface area contributed by atoms with Crippen molar-refractivity contribution in [3.8, 4) is 11.5 Å². The lowest BCUT2D eigenvalue weighted by Crippen LogP contribution is -2.48. The summed E-state index contributed by atoms with van der Waals surface area (Å²) in [5.74, 6) is -1.03.